The summed E-state index contributed by atoms with van der Waals surface area (Å²) in [5.74, 6) is 1.03. The van der Waals surface area contributed by atoms with Crippen LogP contribution in [0.4, 0.5) is 0 Å². The van der Waals surface area contributed by atoms with E-state index in [4.69, 9.17) is 4.74 Å². The maximum absolute atomic E-state index is 12.4. The monoisotopic (exact) mass is 282 g/mol. The summed E-state index contributed by atoms with van der Waals surface area (Å²) >= 11 is 0. The molecule has 2 heteroatoms. The van der Waals surface area contributed by atoms with Crippen LogP contribution in [-0.2, 0) is 6.42 Å². The summed E-state index contributed by atoms with van der Waals surface area (Å²) in [4.78, 5) is 12.4. The molecule has 110 valence electrons. The largest absolute Gasteiger partial charge is 0.496 e. The number of ketones is 1. The fourth-order valence-electron chi connectivity index (χ4n) is 2.57. The second-order valence-corrected chi connectivity index (χ2v) is 5.55. The smallest absolute Gasteiger partial charge is 0.163 e. The second kappa shape index (κ2) is 6.57. The van der Waals surface area contributed by atoms with Crippen LogP contribution in [0.25, 0.3) is 0 Å². The van der Waals surface area contributed by atoms with E-state index in [0.717, 1.165) is 28.9 Å². The van der Waals surface area contributed by atoms with Gasteiger partial charge in [-0.2, -0.15) is 0 Å². The number of rotatable bonds is 5. The van der Waals surface area contributed by atoms with Gasteiger partial charge in [0.15, 0.2) is 5.78 Å². The number of carbonyl (C=O) groups is 1. The first kappa shape index (κ1) is 15.3. The molecule has 0 unspecified atom stereocenters. The number of aryl methyl sites for hydroxylation is 4. The lowest BCUT2D eigenvalue weighted by Crippen LogP contribution is -2.05. The summed E-state index contributed by atoms with van der Waals surface area (Å²) in [6.45, 7) is 6.00. The highest BCUT2D eigenvalue weighted by Crippen LogP contribution is 2.23. The molecule has 0 N–H and O–H groups in total. The molecule has 2 nitrogen and oxygen atoms in total. The van der Waals surface area contributed by atoms with Crippen LogP contribution in [0.2, 0.25) is 0 Å². The summed E-state index contributed by atoms with van der Waals surface area (Å²) in [6.07, 6.45) is 1.32. The van der Waals surface area contributed by atoms with Gasteiger partial charge in [0.1, 0.15) is 5.75 Å². The Morgan fingerprint density at radius 3 is 2.48 bits per heavy atom. The van der Waals surface area contributed by atoms with Gasteiger partial charge in [-0.05, 0) is 56.0 Å². The third-order valence-electron chi connectivity index (χ3n) is 3.77. The second-order valence-electron chi connectivity index (χ2n) is 5.55. The average Bonchev–Trinajstić information content (AvgIpc) is 2.46. The van der Waals surface area contributed by atoms with E-state index in [9.17, 15) is 4.79 Å². The molecule has 0 aliphatic heterocycles. The van der Waals surface area contributed by atoms with Gasteiger partial charge in [0.2, 0.25) is 0 Å². The van der Waals surface area contributed by atoms with Crippen molar-refractivity contribution >= 4 is 5.78 Å². The first-order chi connectivity index (χ1) is 10.0. The minimum Gasteiger partial charge on any atom is -0.496 e. The van der Waals surface area contributed by atoms with E-state index in [1.807, 2.05) is 32.0 Å². The van der Waals surface area contributed by atoms with Crippen LogP contribution in [0.1, 0.15) is 39.0 Å². The number of ether oxygens (including phenoxy) is 1. The first-order valence-corrected chi connectivity index (χ1v) is 7.25. The zero-order valence-corrected chi connectivity index (χ0v) is 13.2. The van der Waals surface area contributed by atoms with Crippen molar-refractivity contribution < 1.29 is 9.53 Å². The van der Waals surface area contributed by atoms with Crippen LogP contribution >= 0.6 is 0 Å². The van der Waals surface area contributed by atoms with E-state index in [1.165, 1.54) is 11.1 Å². The summed E-state index contributed by atoms with van der Waals surface area (Å²) in [7, 11) is 1.65. The molecule has 0 amide bonds. The molecular formula is C19H22O2. The van der Waals surface area contributed by atoms with Crippen LogP contribution in [0.15, 0.2) is 36.4 Å². The summed E-state index contributed by atoms with van der Waals surface area (Å²) in [5.41, 5.74) is 5.23. The summed E-state index contributed by atoms with van der Waals surface area (Å²) in [6, 6.07) is 12.2. The predicted molar refractivity (Wildman–Crippen MR) is 86.3 cm³/mol. The van der Waals surface area contributed by atoms with Gasteiger partial charge in [0, 0.05) is 12.0 Å². The molecule has 0 aromatic heterocycles. The molecule has 0 atom stereocenters. The normalized spacial score (nSPS) is 10.5. The van der Waals surface area contributed by atoms with Gasteiger partial charge < -0.3 is 4.74 Å². The highest BCUT2D eigenvalue weighted by molar-refractivity contribution is 5.98. The van der Waals surface area contributed by atoms with Crippen LogP contribution in [-0.4, -0.2) is 12.9 Å². The fourth-order valence-corrected chi connectivity index (χ4v) is 2.57. The van der Waals surface area contributed by atoms with Crippen molar-refractivity contribution in [3.05, 3.63) is 64.2 Å². The summed E-state index contributed by atoms with van der Waals surface area (Å²) < 4.78 is 5.29. The lowest BCUT2D eigenvalue weighted by atomic mass is 9.96. The Morgan fingerprint density at radius 1 is 1.05 bits per heavy atom. The van der Waals surface area contributed by atoms with E-state index in [1.54, 1.807) is 7.11 Å². The van der Waals surface area contributed by atoms with Crippen LogP contribution < -0.4 is 4.74 Å². The van der Waals surface area contributed by atoms with Crippen molar-refractivity contribution in [1.29, 1.82) is 0 Å². The number of methoxy groups -OCH3 is 1. The Labute approximate surface area is 126 Å². The van der Waals surface area contributed by atoms with Gasteiger partial charge in [-0.3, -0.25) is 4.79 Å². The van der Waals surface area contributed by atoms with Crippen LogP contribution in [0.3, 0.4) is 0 Å². The molecule has 0 heterocycles. The Morgan fingerprint density at radius 2 is 1.81 bits per heavy atom. The molecule has 0 saturated heterocycles. The molecule has 2 aromatic carbocycles. The lowest BCUT2D eigenvalue weighted by Gasteiger charge is -2.11. The van der Waals surface area contributed by atoms with Gasteiger partial charge in [-0.1, -0.05) is 29.8 Å². The van der Waals surface area contributed by atoms with Gasteiger partial charge in [-0.15, -0.1) is 0 Å². The Kier molecular flexibility index (Phi) is 4.79. The van der Waals surface area contributed by atoms with E-state index >= 15 is 0 Å². The van der Waals surface area contributed by atoms with Crippen molar-refractivity contribution in [3.8, 4) is 5.75 Å². The molecule has 2 rings (SSSR count). The van der Waals surface area contributed by atoms with Crippen molar-refractivity contribution in [2.24, 2.45) is 0 Å². The molecular weight excluding hydrogens is 260 g/mol. The third kappa shape index (κ3) is 3.72. The SMILES string of the molecule is COc1cc(C)c(C(=O)CCc2cccc(C)c2)cc1C. The maximum atomic E-state index is 12.4. The minimum atomic E-state index is 0.194. The van der Waals surface area contributed by atoms with Gasteiger partial charge in [0.05, 0.1) is 7.11 Å². The van der Waals surface area contributed by atoms with Gasteiger partial charge in [0.25, 0.3) is 0 Å². The van der Waals surface area contributed by atoms with E-state index in [-0.39, 0.29) is 5.78 Å². The number of carbonyl (C=O) groups excluding carboxylic acids is 1. The van der Waals surface area contributed by atoms with Gasteiger partial charge in [-0.25, -0.2) is 0 Å². The molecule has 2 aromatic rings. The zero-order chi connectivity index (χ0) is 15.4. The number of Topliss-reactive ketones (excluding diaryl/α,β-unsaturated/α-hetero) is 1. The highest BCUT2D eigenvalue weighted by Gasteiger charge is 2.12. The Balaban J connectivity index is 2.12. The molecule has 21 heavy (non-hydrogen) atoms. The number of hydrogen-bond acceptors (Lipinski definition) is 2. The summed E-state index contributed by atoms with van der Waals surface area (Å²) in [5, 5.41) is 0. The highest BCUT2D eigenvalue weighted by atomic mass is 16.5. The van der Waals surface area contributed by atoms with Crippen molar-refractivity contribution in [1.82, 2.24) is 0 Å². The average molecular weight is 282 g/mol. The van der Waals surface area contributed by atoms with Crippen molar-refractivity contribution in [2.45, 2.75) is 33.6 Å². The quantitative estimate of drug-likeness (QED) is 0.758. The minimum absolute atomic E-state index is 0.194. The van der Waals surface area contributed by atoms with E-state index < -0.39 is 0 Å². The lowest BCUT2D eigenvalue weighted by molar-refractivity contribution is 0.0982. The van der Waals surface area contributed by atoms with Crippen molar-refractivity contribution in [3.63, 3.8) is 0 Å². The molecule has 0 radical (unpaired) electrons. The number of benzene rings is 2. The zero-order valence-electron chi connectivity index (χ0n) is 13.2. The first-order valence-electron chi connectivity index (χ1n) is 7.25. The molecule has 0 saturated carbocycles. The Hall–Kier alpha value is -2.09. The van der Waals surface area contributed by atoms with Crippen LogP contribution in [0, 0.1) is 20.8 Å². The van der Waals surface area contributed by atoms with Gasteiger partial charge >= 0.3 is 0 Å². The molecule has 0 aliphatic rings. The third-order valence-corrected chi connectivity index (χ3v) is 3.77. The molecule has 0 spiro atoms. The van der Waals surface area contributed by atoms with Crippen LogP contribution in [0.5, 0.6) is 5.75 Å². The molecule has 0 bridgehead atoms. The predicted octanol–water partition coefficient (Wildman–Crippen LogP) is 4.44. The molecule has 0 fully saturated rings. The fraction of sp³-hybridized carbons (Fsp3) is 0.316. The van der Waals surface area contributed by atoms with Crippen molar-refractivity contribution in [2.75, 3.05) is 7.11 Å². The Bertz CT molecular complexity index is 657. The standard InChI is InChI=1S/C19H22O2/c1-13-6-5-7-16(10-13)8-9-18(20)17-11-15(3)19(21-4)12-14(17)2/h5-7,10-12H,8-9H2,1-4H3. The maximum Gasteiger partial charge on any atom is 0.163 e. The van der Waals surface area contributed by atoms with E-state index in [2.05, 4.69) is 25.1 Å². The topological polar surface area (TPSA) is 26.3 Å². The molecule has 0 aliphatic carbocycles. The number of hydrogen-bond donors (Lipinski definition) is 0. The van der Waals surface area contributed by atoms with E-state index in [0.29, 0.717) is 6.42 Å².